The largest absolute Gasteiger partial charge is 0.317 e. The quantitative estimate of drug-likeness (QED) is 0.571. The van der Waals surface area contributed by atoms with E-state index >= 15 is 0 Å². The van der Waals surface area contributed by atoms with Gasteiger partial charge in [-0.15, -0.1) is 0 Å². The maximum atomic E-state index is 14.1. The van der Waals surface area contributed by atoms with Crippen molar-refractivity contribution < 1.29 is 18.4 Å². The molecule has 2 amide bonds. The molecular formula is C24H16F2N2O3. The molecule has 2 heterocycles. The number of carbonyl (C=O) groups is 2. The molecule has 1 aliphatic heterocycles. The standard InChI is InChI=1S/C24H16F2N2O3/c1-27-8-2-3-17(22(27)29)28-23(30)20-18-13-6-4-11(25)9-15(13)19(21(20)24(28)31)14-7-5-12(26)10-16(14)18/h2-10,18-21H,1H3/t18-,19-,20-,21+/m1/s1. The predicted octanol–water partition coefficient (Wildman–Crippen LogP) is 3.06. The summed E-state index contributed by atoms with van der Waals surface area (Å²) >= 11 is 0. The van der Waals surface area contributed by atoms with Crippen LogP contribution in [0.4, 0.5) is 14.5 Å². The van der Waals surface area contributed by atoms with Crippen LogP contribution in [0.1, 0.15) is 34.1 Å². The lowest BCUT2D eigenvalue weighted by molar-refractivity contribution is -0.122. The van der Waals surface area contributed by atoms with Crippen molar-refractivity contribution >= 4 is 17.5 Å². The highest BCUT2D eigenvalue weighted by molar-refractivity contribution is 6.23. The van der Waals surface area contributed by atoms with Gasteiger partial charge in [-0.05, 0) is 58.7 Å². The second kappa shape index (κ2) is 5.97. The van der Waals surface area contributed by atoms with Crippen molar-refractivity contribution in [3.63, 3.8) is 0 Å². The van der Waals surface area contributed by atoms with E-state index in [1.807, 2.05) is 0 Å². The molecule has 7 heteroatoms. The fourth-order valence-electron chi connectivity index (χ4n) is 5.71. The van der Waals surface area contributed by atoms with Crippen molar-refractivity contribution in [1.29, 1.82) is 0 Å². The van der Waals surface area contributed by atoms with Crippen LogP contribution >= 0.6 is 0 Å². The Morgan fingerprint density at radius 3 is 1.77 bits per heavy atom. The topological polar surface area (TPSA) is 59.4 Å². The van der Waals surface area contributed by atoms with E-state index in [1.165, 1.54) is 34.9 Å². The summed E-state index contributed by atoms with van der Waals surface area (Å²) in [5.74, 6) is -4.51. The average molecular weight is 418 g/mol. The fourth-order valence-corrected chi connectivity index (χ4v) is 5.71. The summed E-state index contributed by atoms with van der Waals surface area (Å²) < 4.78 is 29.6. The van der Waals surface area contributed by atoms with Crippen molar-refractivity contribution in [1.82, 2.24) is 4.57 Å². The van der Waals surface area contributed by atoms with Gasteiger partial charge < -0.3 is 4.57 Å². The van der Waals surface area contributed by atoms with E-state index < -0.39 is 52.7 Å². The molecule has 31 heavy (non-hydrogen) atoms. The van der Waals surface area contributed by atoms with Crippen LogP contribution < -0.4 is 10.5 Å². The number of aromatic nitrogens is 1. The lowest BCUT2D eigenvalue weighted by Gasteiger charge is -2.45. The van der Waals surface area contributed by atoms with Gasteiger partial charge in [-0.2, -0.15) is 0 Å². The van der Waals surface area contributed by atoms with Gasteiger partial charge in [-0.25, -0.2) is 13.7 Å². The highest BCUT2D eigenvalue weighted by Gasteiger charge is 2.62. The molecule has 0 spiro atoms. The normalized spacial score (nSPS) is 25.5. The minimum atomic E-state index is -0.769. The summed E-state index contributed by atoms with van der Waals surface area (Å²) in [4.78, 5) is 40.8. The number of amides is 2. The van der Waals surface area contributed by atoms with Crippen LogP contribution in [-0.2, 0) is 16.6 Å². The molecule has 2 aromatic carbocycles. The van der Waals surface area contributed by atoms with E-state index in [9.17, 15) is 23.2 Å². The van der Waals surface area contributed by atoms with E-state index in [1.54, 1.807) is 31.4 Å². The summed E-state index contributed by atoms with van der Waals surface area (Å²) in [6.07, 6.45) is 1.55. The second-order valence-corrected chi connectivity index (χ2v) is 8.37. The van der Waals surface area contributed by atoms with E-state index in [4.69, 9.17) is 0 Å². The molecule has 0 radical (unpaired) electrons. The first kappa shape index (κ1) is 18.2. The number of anilines is 1. The summed E-state index contributed by atoms with van der Waals surface area (Å²) in [7, 11) is 1.55. The first-order valence-corrected chi connectivity index (χ1v) is 10.0. The Labute approximate surface area is 175 Å². The number of rotatable bonds is 1. The van der Waals surface area contributed by atoms with Crippen molar-refractivity contribution in [2.24, 2.45) is 18.9 Å². The molecule has 4 aliphatic rings. The number of aryl methyl sites for hydroxylation is 1. The Balaban J connectivity index is 1.60. The van der Waals surface area contributed by atoms with Gasteiger partial charge in [0.15, 0.2) is 0 Å². The van der Waals surface area contributed by atoms with Crippen LogP contribution in [0.5, 0.6) is 0 Å². The molecule has 4 atom stereocenters. The zero-order valence-corrected chi connectivity index (χ0v) is 16.4. The summed E-state index contributed by atoms with van der Waals surface area (Å²) in [5.41, 5.74) is 2.30. The monoisotopic (exact) mass is 418 g/mol. The first-order chi connectivity index (χ1) is 14.9. The molecule has 1 fully saturated rings. The highest BCUT2D eigenvalue weighted by Crippen LogP contribution is 2.61. The average Bonchev–Trinajstić information content (AvgIpc) is 3.01. The fraction of sp³-hybridized carbons (Fsp3) is 0.208. The van der Waals surface area contributed by atoms with Gasteiger partial charge in [0.1, 0.15) is 17.3 Å². The smallest absolute Gasteiger partial charge is 0.274 e. The van der Waals surface area contributed by atoms with Gasteiger partial charge in [0.25, 0.3) is 5.56 Å². The van der Waals surface area contributed by atoms with Gasteiger partial charge in [-0.3, -0.25) is 14.4 Å². The number of carbonyl (C=O) groups excluding carboxylic acids is 2. The number of imide groups is 1. The van der Waals surface area contributed by atoms with Crippen LogP contribution in [0.25, 0.3) is 0 Å². The highest BCUT2D eigenvalue weighted by atomic mass is 19.1. The maximum absolute atomic E-state index is 14.1. The van der Waals surface area contributed by atoms with Gasteiger partial charge >= 0.3 is 0 Å². The minimum Gasteiger partial charge on any atom is -0.317 e. The van der Waals surface area contributed by atoms with Crippen LogP contribution in [0, 0.1) is 23.5 Å². The molecule has 3 aliphatic carbocycles. The van der Waals surface area contributed by atoms with Crippen LogP contribution in [0.15, 0.2) is 59.5 Å². The lowest BCUT2D eigenvalue weighted by atomic mass is 9.55. The predicted molar refractivity (Wildman–Crippen MR) is 108 cm³/mol. The number of benzene rings is 2. The van der Waals surface area contributed by atoms with Gasteiger partial charge in [0.05, 0.1) is 11.8 Å². The molecule has 0 N–H and O–H groups in total. The molecular weight excluding hydrogens is 402 g/mol. The number of hydrogen-bond donors (Lipinski definition) is 0. The Kier molecular flexibility index (Phi) is 3.50. The summed E-state index contributed by atoms with van der Waals surface area (Å²) in [6, 6.07) is 11.7. The van der Waals surface area contributed by atoms with Crippen molar-refractivity contribution in [2.45, 2.75) is 11.8 Å². The zero-order valence-electron chi connectivity index (χ0n) is 16.4. The molecule has 1 saturated heterocycles. The van der Waals surface area contributed by atoms with E-state index in [-0.39, 0.29) is 5.69 Å². The molecule has 0 unspecified atom stereocenters. The molecule has 2 bridgehead atoms. The molecule has 7 rings (SSSR count). The molecule has 5 nitrogen and oxygen atoms in total. The SMILES string of the molecule is Cn1cccc(N2C(=O)[C@@H]3[C@H]4c5cc(F)ccc5[C@H](c5cc(F)ccc54)[C@@H]3C2=O)c1=O. The van der Waals surface area contributed by atoms with Gasteiger partial charge in [-0.1, -0.05) is 12.1 Å². The lowest BCUT2D eigenvalue weighted by Crippen LogP contribution is -2.41. The Morgan fingerprint density at radius 1 is 0.742 bits per heavy atom. The number of halogens is 2. The second-order valence-electron chi connectivity index (χ2n) is 8.37. The third-order valence-corrected chi connectivity index (χ3v) is 6.90. The minimum absolute atomic E-state index is 0.000673. The zero-order chi connectivity index (χ0) is 21.6. The van der Waals surface area contributed by atoms with Crippen LogP contribution in [0.2, 0.25) is 0 Å². The van der Waals surface area contributed by atoms with Crippen molar-refractivity contribution in [3.8, 4) is 0 Å². The maximum Gasteiger partial charge on any atom is 0.274 e. The van der Waals surface area contributed by atoms with Crippen LogP contribution in [-0.4, -0.2) is 16.4 Å². The molecule has 1 aromatic heterocycles. The van der Waals surface area contributed by atoms with E-state index in [0.717, 1.165) is 16.0 Å². The van der Waals surface area contributed by atoms with Crippen molar-refractivity contribution in [2.75, 3.05) is 4.90 Å². The van der Waals surface area contributed by atoms with Gasteiger partial charge in [0.2, 0.25) is 11.8 Å². The number of pyridine rings is 1. The molecule has 154 valence electrons. The first-order valence-electron chi connectivity index (χ1n) is 10.0. The summed E-state index contributed by atoms with van der Waals surface area (Å²) in [6.45, 7) is 0. The molecule has 3 aromatic rings. The summed E-state index contributed by atoms with van der Waals surface area (Å²) in [5, 5.41) is 0. The van der Waals surface area contributed by atoms with Crippen LogP contribution in [0.3, 0.4) is 0 Å². The van der Waals surface area contributed by atoms with Gasteiger partial charge in [0, 0.05) is 25.1 Å². The third-order valence-electron chi connectivity index (χ3n) is 6.90. The van der Waals surface area contributed by atoms with Crippen molar-refractivity contribution in [3.05, 3.63) is 99.0 Å². The van der Waals surface area contributed by atoms with E-state index in [2.05, 4.69) is 0 Å². The Morgan fingerprint density at radius 2 is 1.26 bits per heavy atom. The Bertz CT molecular complexity index is 1300. The molecule has 0 saturated carbocycles. The number of hydrogen-bond acceptors (Lipinski definition) is 3. The van der Waals surface area contributed by atoms with E-state index in [0.29, 0.717) is 11.1 Å². The third kappa shape index (κ3) is 2.20. The Hall–Kier alpha value is -3.61. The number of nitrogens with zero attached hydrogens (tertiary/aromatic N) is 2.